The number of carbonyl (C=O) groups is 2. The third-order valence-corrected chi connectivity index (χ3v) is 4.63. The lowest BCUT2D eigenvalue weighted by atomic mass is 9.94. The number of anilines is 1. The molecule has 0 bridgehead atoms. The van der Waals surface area contributed by atoms with Gasteiger partial charge in [0.05, 0.1) is 6.04 Å². The molecule has 1 heterocycles. The van der Waals surface area contributed by atoms with Crippen molar-refractivity contribution in [2.24, 2.45) is 0 Å². The van der Waals surface area contributed by atoms with Crippen molar-refractivity contribution in [3.8, 4) is 5.75 Å². The Bertz CT molecular complexity index is 1030. The third kappa shape index (κ3) is 3.36. The molecule has 6 heteroatoms. The number of carbonyl (C=O) groups excluding carboxylic acids is 2. The molecule has 1 aliphatic rings. The standard InChI is InChI=1S/C22H15F2NO3/c23-15-7-5-14(6-8-15)20(26)13-19-18-3-1-2-4-21(18)28-22(27)25(19)17-11-9-16(24)10-12-17/h1-12,19H,13H2/t19-/m0/s1. The van der Waals surface area contributed by atoms with E-state index in [-0.39, 0.29) is 12.2 Å². The van der Waals surface area contributed by atoms with Gasteiger partial charge in [-0.3, -0.25) is 9.69 Å². The number of ether oxygens (including phenoxy) is 1. The predicted octanol–water partition coefficient (Wildman–Crippen LogP) is 5.30. The fourth-order valence-corrected chi connectivity index (χ4v) is 3.28. The summed E-state index contributed by atoms with van der Waals surface area (Å²) >= 11 is 0. The van der Waals surface area contributed by atoms with Crippen molar-refractivity contribution >= 4 is 17.6 Å². The molecular formula is C22H15F2NO3. The van der Waals surface area contributed by atoms with E-state index < -0.39 is 23.8 Å². The van der Waals surface area contributed by atoms with Crippen LogP contribution in [0.25, 0.3) is 0 Å². The van der Waals surface area contributed by atoms with Crippen molar-refractivity contribution in [3.05, 3.63) is 95.6 Å². The van der Waals surface area contributed by atoms with E-state index in [1.54, 1.807) is 24.3 Å². The summed E-state index contributed by atoms with van der Waals surface area (Å²) in [6.45, 7) is 0. The van der Waals surface area contributed by atoms with Gasteiger partial charge in [0.15, 0.2) is 5.78 Å². The molecule has 3 aromatic carbocycles. The topological polar surface area (TPSA) is 46.6 Å². The lowest BCUT2D eigenvalue weighted by molar-refractivity contribution is 0.0971. The molecule has 140 valence electrons. The molecule has 0 aromatic heterocycles. The van der Waals surface area contributed by atoms with Crippen LogP contribution in [-0.4, -0.2) is 11.9 Å². The molecule has 0 saturated carbocycles. The highest BCUT2D eigenvalue weighted by atomic mass is 19.1. The number of Topliss-reactive ketones (excluding diaryl/α,β-unsaturated/α-hetero) is 1. The first-order valence-electron chi connectivity index (χ1n) is 8.67. The Labute approximate surface area is 160 Å². The minimum atomic E-state index is -0.651. The number of nitrogens with zero attached hydrogens (tertiary/aromatic N) is 1. The van der Waals surface area contributed by atoms with Crippen LogP contribution in [0.5, 0.6) is 5.75 Å². The van der Waals surface area contributed by atoms with Gasteiger partial charge in [-0.2, -0.15) is 0 Å². The van der Waals surface area contributed by atoms with Crippen molar-refractivity contribution in [1.82, 2.24) is 0 Å². The molecule has 1 aliphatic heterocycles. The Balaban J connectivity index is 1.74. The Kier molecular flexibility index (Phi) is 4.61. The van der Waals surface area contributed by atoms with Crippen LogP contribution in [0.4, 0.5) is 19.3 Å². The van der Waals surface area contributed by atoms with Crippen molar-refractivity contribution in [1.29, 1.82) is 0 Å². The third-order valence-electron chi connectivity index (χ3n) is 4.63. The zero-order chi connectivity index (χ0) is 19.7. The maximum absolute atomic E-state index is 13.3. The second-order valence-corrected chi connectivity index (χ2v) is 6.40. The molecule has 4 rings (SSSR count). The van der Waals surface area contributed by atoms with E-state index in [2.05, 4.69) is 0 Å². The number of hydrogen-bond acceptors (Lipinski definition) is 3. The summed E-state index contributed by atoms with van der Waals surface area (Å²) in [7, 11) is 0. The second kappa shape index (κ2) is 7.23. The van der Waals surface area contributed by atoms with Gasteiger partial charge in [-0.05, 0) is 54.6 Å². The molecule has 0 spiro atoms. The molecule has 1 amide bonds. The molecule has 0 aliphatic carbocycles. The minimum Gasteiger partial charge on any atom is -0.410 e. The number of hydrogen-bond donors (Lipinski definition) is 0. The van der Waals surface area contributed by atoms with Gasteiger partial charge in [0.25, 0.3) is 0 Å². The average Bonchev–Trinajstić information content (AvgIpc) is 2.69. The smallest absolute Gasteiger partial charge is 0.410 e. The molecule has 0 saturated heterocycles. The lowest BCUT2D eigenvalue weighted by Crippen LogP contribution is -2.42. The quantitative estimate of drug-likeness (QED) is 0.578. The van der Waals surface area contributed by atoms with Crippen LogP contribution < -0.4 is 9.64 Å². The molecule has 1 atom stereocenters. The highest BCUT2D eigenvalue weighted by Gasteiger charge is 2.36. The van der Waals surface area contributed by atoms with Crippen LogP contribution in [0.1, 0.15) is 28.4 Å². The van der Waals surface area contributed by atoms with E-state index in [1.165, 1.54) is 53.4 Å². The van der Waals surface area contributed by atoms with Gasteiger partial charge in [0.1, 0.15) is 17.4 Å². The molecule has 3 aromatic rings. The number of benzene rings is 3. The van der Waals surface area contributed by atoms with Gasteiger partial charge in [0.2, 0.25) is 0 Å². The normalized spacial score (nSPS) is 15.7. The van der Waals surface area contributed by atoms with Gasteiger partial charge >= 0.3 is 6.09 Å². The zero-order valence-corrected chi connectivity index (χ0v) is 14.6. The second-order valence-electron chi connectivity index (χ2n) is 6.40. The summed E-state index contributed by atoms with van der Waals surface area (Å²) < 4.78 is 31.9. The summed E-state index contributed by atoms with van der Waals surface area (Å²) in [5.41, 5.74) is 1.43. The largest absolute Gasteiger partial charge is 0.420 e. The Morgan fingerprint density at radius 3 is 2.18 bits per heavy atom. The number of halogens is 2. The van der Waals surface area contributed by atoms with Gasteiger partial charge in [0, 0.05) is 23.2 Å². The first kappa shape index (κ1) is 17.9. The fourth-order valence-electron chi connectivity index (χ4n) is 3.28. The summed E-state index contributed by atoms with van der Waals surface area (Å²) in [6, 6.07) is 17.0. The fraction of sp³-hybridized carbons (Fsp3) is 0.0909. The van der Waals surface area contributed by atoms with Gasteiger partial charge in [-0.15, -0.1) is 0 Å². The monoisotopic (exact) mass is 379 g/mol. The first-order chi connectivity index (χ1) is 13.5. The van der Waals surface area contributed by atoms with Crippen molar-refractivity contribution < 1.29 is 23.1 Å². The Morgan fingerprint density at radius 1 is 0.893 bits per heavy atom. The van der Waals surface area contributed by atoms with E-state index in [0.717, 1.165) is 0 Å². The molecule has 0 radical (unpaired) electrons. The zero-order valence-electron chi connectivity index (χ0n) is 14.6. The number of para-hydroxylation sites is 1. The molecule has 0 N–H and O–H groups in total. The van der Waals surface area contributed by atoms with E-state index in [4.69, 9.17) is 4.74 Å². The maximum atomic E-state index is 13.3. The maximum Gasteiger partial charge on any atom is 0.420 e. The SMILES string of the molecule is O=C(C[C@H]1c2ccccc2OC(=O)N1c1ccc(F)cc1)c1ccc(F)cc1. The van der Waals surface area contributed by atoms with Crippen LogP contribution in [0, 0.1) is 11.6 Å². The van der Waals surface area contributed by atoms with Gasteiger partial charge < -0.3 is 4.74 Å². The van der Waals surface area contributed by atoms with Gasteiger partial charge in [-0.25, -0.2) is 13.6 Å². The number of rotatable bonds is 4. The summed E-state index contributed by atoms with van der Waals surface area (Å²) in [6.07, 6.45) is -0.683. The first-order valence-corrected chi connectivity index (χ1v) is 8.67. The molecule has 28 heavy (non-hydrogen) atoms. The van der Waals surface area contributed by atoms with E-state index in [0.29, 0.717) is 22.6 Å². The predicted molar refractivity (Wildman–Crippen MR) is 99.4 cm³/mol. The Hall–Kier alpha value is -3.54. The highest BCUT2D eigenvalue weighted by Crippen LogP contribution is 2.40. The summed E-state index contributed by atoms with van der Waals surface area (Å²) in [4.78, 5) is 26.8. The van der Waals surface area contributed by atoms with Crippen molar-refractivity contribution in [2.45, 2.75) is 12.5 Å². The van der Waals surface area contributed by atoms with E-state index in [1.807, 2.05) is 0 Å². The average molecular weight is 379 g/mol. The van der Waals surface area contributed by atoms with Crippen LogP contribution >= 0.6 is 0 Å². The van der Waals surface area contributed by atoms with Crippen molar-refractivity contribution in [3.63, 3.8) is 0 Å². The van der Waals surface area contributed by atoms with Gasteiger partial charge in [-0.1, -0.05) is 18.2 Å². The van der Waals surface area contributed by atoms with E-state index >= 15 is 0 Å². The van der Waals surface area contributed by atoms with Crippen molar-refractivity contribution in [2.75, 3.05) is 4.90 Å². The number of fused-ring (bicyclic) bond motifs is 1. The minimum absolute atomic E-state index is 0.0326. The summed E-state index contributed by atoms with van der Waals surface area (Å²) in [5.74, 6) is -0.742. The van der Waals surface area contributed by atoms with Crippen LogP contribution in [0.3, 0.4) is 0 Å². The molecule has 4 nitrogen and oxygen atoms in total. The highest BCUT2D eigenvalue weighted by molar-refractivity contribution is 5.99. The van der Waals surface area contributed by atoms with Crippen LogP contribution in [0.15, 0.2) is 72.8 Å². The van der Waals surface area contributed by atoms with Crippen LogP contribution in [0.2, 0.25) is 0 Å². The number of ketones is 1. The van der Waals surface area contributed by atoms with Crippen LogP contribution in [-0.2, 0) is 0 Å². The van der Waals surface area contributed by atoms with E-state index in [9.17, 15) is 18.4 Å². The molecular weight excluding hydrogens is 364 g/mol. The molecule has 0 fully saturated rings. The molecule has 0 unspecified atom stereocenters. The number of amides is 1. The Morgan fingerprint density at radius 2 is 1.50 bits per heavy atom. The lowest BCUT2D eigenvalue weighted by Gasteiger charge is -2.35. The summed E-state index contributed by atoms with van der Waals surface area (Å²) in [5, 5.41) is 0.